The molecule has 1 atom stereocenters. The summed E-state index contributed by atoms with van der Waals surface area (Å²) in [4.78, 5) is 0. The highest BCUT2D eigenvalue weighted by molar-refractivity contribution is 6.92. The van der Waals surface area contributed by atoms with Gasteiger partial charge in [0.05, 0.1) is 0 Å². The minimum Gasteiger partial charge on any atom is -0.381 e. The van der Waals surface area contributed by atoms with Crippen LogP contribution in [0.1, 0.15) is 194 Å². The minimum absolute atomic E-state index is 0. The Labute approximate surface area is 221 Å². The second-order valence-corrected chi connectivity index (χ2v) is 10.8. The van der Waals surface area contributed by atoms with E-state index in [0.717, 1.165) is 13.2 Å². The standard InChI is InChI=1S/C32H66O.H3P/c1-3-5-7-9-11-13-15-17-19-21-23-25-27-29-31-33-32-30-28-26-24-22-20-18-16-14-12-10-8-6-4-2;/h3-32H2,1-2H3;1H3. The summed E-state index contributed by atoms with van der Waals surface area (Å²) in [5.74, 6) is 0. The van der Waals surface area contributed by atoms with Gasteiger partial charge in [-0.05, 0) is 12.8 Å². The van der Waals surface area contributed by atoms with E-state index in [2.05, 4.69) is 13.8 Å². The van der Waals surface area contributed by atoms with Crippen molar-refractivity contribution >= 4 is 9.90 Å². The maximum Gasteiger partial charge on any atom is 0.0466 e. The molecule has 0 aliphatic heterocycles. The van der Waals surface area contributed by atoms with Crippen LogP contribution in [0.15, 0.2) is 0 Å². The van der Waals surface area contributed by atoms with Crippen LogP contribution in [0.25, 0.3) is 0 Å². The molecule has 0 radical (unpaired) electrons. The van der Waals surface area contributed by atoms with Crippen molar-refractivity contribution in [1.29, 1.82) is 0 Å². The number of hydrogen-bond acceptors (Lipinski definition) is 1. The van der Waals surface area contributed by atoms with Gasteiger partial charge >= 0.3 is 0 Å². The van der Waals surface area contributed by atoms with Crippen LogP contribution in [0.2, 0.25) is 0 Å². The molecule has 0 heterocycles. The fraction of sp³-hybridized carbons (Fsp3) is 1.00. The molecule has 0 aromatic rings. The van der Waals surface area contributed by atoms with Crippen LogP contribution in [0.5, 0.6) is 0 Å². The average molecular weight is 501 g/mol. The maximum absolute atomic E-state index is 5.85. The normalized spacial score (nSPS) is 11.1. The van der Waals surface area contributed by atoms with Gasteiger partial charge in [-0.2, -0.15) is 9.90 Å². The van der Waals surface area contributed by atoms with Crippen molar-refractivity contribution in [3.63, 3.8) is 0 Å². The lowest BCUT2D eigenvalue weighted by molar-refractivity contribution is 0.125. The molecular formula is C32H69OP. The summed E-state index contributed by atoms with van der Waals surface area (Å²) in [7, 11) is 0. The quantitative estimate of drug-likeness (QED) is 0.0703. The van der Waals surface area contributed by atoms with Gasteiger partial charge in [0.1, 0.15) is 0 Å². The molecule has 0 amide bonds. The first-order chi connectivity index (χ1) is 16.4. The van der Waals surface area contributed by atoms with Crippen molar-refractivity contribution in [3.8, 4) is 0 Å². The lowest BCUT2D eigenvalue weighted by Crippen LogP contribution is -1.97. The molecule has 0 saturated carbocycles. The predicted octanol–water partition coefficient (Wildman–Crippen LogP) is 12.0. The van der Waals surface area contributed by atoms with Crippen LogP contribution in [0, 0.1) is 0 Å². The van der Waals surface area contributed by atoms with Gasteiger partial charge < -0.3 is 4.74 Å². The van der Waals surface area contributed by atoms with Gasteiger partial charge in [-0.3, -0.25) is 0 Å². The second kappa shape index (κ2) is 35.6. The SMILES string of the molecule is CCCCCCCCCCCCCCCCOCCCCCCCCCCCCCCCC.P. The molecule has 1 unspecified atom stereocenters. The monoisotopic (exact) mass is 501 g/mol. The van der Waals surface area contributed by atoms with Gasteiger partial charge in [0.15, 0.2) is 0 Å². The Hall–Kier alpha value is 0.390. The minimum atomic E-state index is 0. The van der Waals surface area contributed by atoms with Crippen LogP contribution in [-0.4, -0.2) is 13.2 Å². The van der Waals surface area contributed by atoms with E-state index in [-0.39, 0.29) is 9.90 Å². The predicted molar refractivity (Wildman–Crippen MR) is 163 cm³/mol. The topological polar surface area (TPSA) is 9.23 Å². The Balaban J connectivity index is 0. The van der Waals surface area contributed by atoms with Crippen molar-refractivity contribution in [2.75, 3.05) is 13.2 Å². The molecule has 34 heavy (non-hydrogen) atoms. The highest BCUT2D eigenvalue weighted by Gasteiger charge is 1.96. The highest BCUT2D eigenvalue weighted by Crippen LogP contribution is 2.14. The zero-order valence-corrected chi connectivity index (χ0v) is 25.7. The highest BCUT2D eigenvalue weighted by atomic mass is 31.0. The van der Waals surface area contributed by atoms with Gasteiger partial charge in [-0.25, -0.2) is 0 Å². The fourth-order valence-corrected chi connectivity index (χ4v) is 4.90. The molecule has 0 saturated heterocycles. The van der Waals surface area contributed by atoms with Crippen LogP contribution in [0.3, 0.4) is 0 Å². The summed E-state index contributed by atoms with van der Waals surface area (Å²) in [6.45, 7) is 6.59. The summed E-state index contributed by atoms with van der Waals surface area (Å²) in [5.41, 5.74) is 0. The smallest absolute Gasteiger partial charge is 0.0466 e. The molecule has 0 N–H and O–H groups in total. The van der Waals surface area contributed by atoms with Crippen molar-refractivity contribution in [3.05, 3.63) is 0 Å². The van der Waals surface area contributed by atoms with Crippen LogP contribution in [0.4, 0.5) is 0 Å². The molecular weight excluding hydrogens is 431 g/mol. The third-order valence-electron chi connectivity index (χ3n) is 7.28. The number of hydrogen-bond donors (Lipinski definition) is 0. The number of unbranched alkanes of at least 4 members (excludes halogenated alkanes) is 26. The lowest BCUT2D eigenvalue weighted by Gasteiger charge is -2.05. The summed E-state index contributed by atoms with van der Waals surface area (Å²) >= 11 is 0. The van der Waals surface area contributed by atoms with E-state index in [1.54, 1.807) is 0 Å². The van der Waals surface area contributed by atoms with E-state index in [1.807, 2.05) is 0 Å². The van der Waals surface area contributed by atoms with E-state index >= 15 is 0 Å². The van der Waals surface area contributed by atoms with Crippen molar-refractivity contribution in [2.24, 2.45) is 0 Å². The third-order valence-corrected chi connectivity index (χ3v) is 7.28. The van der Waals surface area contributed by atoms with E-state index in [0.29, 0.717) is 0 Å². The first-order valence-corrected chi connectivity index (χ1v) is 16.0. The molecule has 1 nitrogen and oxygen atoms in total. The summed E-state index contributed by atoms with van der Waals surface area (Å²) in [6, 6.07) is 0. The molecule has 0 aromatic carbocycles. The van der Waals surface area contributed by atoms with E-state index in [9.17, 15) is 0 Å². The van der Waals surface area contributed by atoms with Gasteiger partial charge in [0.25, 0.3) is 0 Å². The molecule has 0 aliphatic carbocycles. The molecule has 0 rings (SSSR count). The molecule has 2 heteroatoms. The van der Waals surface area contributed by atoms with E-state index < -0.39 is 0 Å². The Morgan fingerprint density at radius 2 is 0.441 bits per heavy atom. The first kappa shape index (κ1) is 36.5. The average Bonchev–Trinajstić information content (AvgIpc) is 2.83. The molecule has 0 bridgehead atoms. The first-order valence-electron chi connectivity index (χ1n) is 16.0. The van der Waals surface area contributed by atoms with Crippen molar-refractivity contribution < 1.29 is 4.74 Å². The summed E-state index contributed by atoms with van der Waals surface area (Å²) in [6.07, 6.45) is 40.1. The van der Waals surface area contributed by atoms with E-state index in [1.165, 1.54) is 180 Å². The second-order valence-electron chi connectivity index (χ2n) is 10.8. The molecule has 0 spiro atoms. The molecule has 0 aromatic heterocycles. The Bertz CT molecular complexity index is 290. The molecule has 0 fully saturated rings. The maximum atomic E-state index is 5.85. The van der Waals surface area contributed by atoms with Crippen LogP contribution < -0.4 is 0 Å². The van der Waals surface area contributed by atoms with Crippen LogP contribution in [-0.2, 0) is 4.74 Å². The summed E-state index contributed by atoms with van der Waals surface area (Å²) in [5, 5.41) is 0. The fourth-order valence-electron chi connectivity index (χ4n) is 4.90. The van der Waals surface area contributed by atoms with Gasteiger partial charge in [-0.15, -0.1) is 0 Å². The largest absolute Gasteiger partial charge is 0.381 e. The Kier molecular flexibility index (Phi) is 38.2. The van der Waals surface area contributed by atoms with Crippen molar-refractivity contribution in [2.45, 2.75) is 194 Å². The molecule has 0 aliphatic rings. The number of rotatable bonds is 30. The van der Waals surface area contributed by atoms with Gasteiger partial charge in [0, 0.05) is 13.2 Å². The number of ether oxygens (including phenoxy) is 1. The Morgan fingerprint density at radius 1 is 0.265 bits per heavy atom. The Morgan fingerprint density at radius 3 is 0.647 bits per heavy atom. The van der Waals surface area contributed by atoms with E-state index in [4.69, 9.17) is 4.74 Å². The zero-order chi connectivity index (χ0) is 23.9. The lowest BCUT2D eigenvalue weighted by atomic mass is 10.0. The third kappa shape index (κ3) is 34.6. The summed E-state index contributed by atoms with van der Waals surface area (Å²) < 4.78 is 5.85. The molecule has 208 valence electrons. The van der Waals surface area contributed by atoms with Gasteiger partial charge in [0.2, 0.25) is 0 Å². The van der Waals surface area contributed by atoms with Gasteiger partial charge in [-0.1, -0.05) is 181 Å². The van der Waals surface area contributed by atoms with Crippen molar-refractivity contribution in [1.82, 2.24) is 0 Å². The zero-order valence-electron chi connectivity index (χ0n) is 24.3. The van der Waals surface area contributed by atoms with Crippen LogP contribution >= 0.6 is 9.90 Å².